The van der Waals surface area contributed by atoms with Gasteiger partial charge in [0.2, 0.25) is 0 Å². The van der Waals surface area contributed by atoms with Gasteiger partial charge in [-0.1, -0.05) is 15.9 Å². The van der Waals surface area contributed by atoms with Crippen LogP contribution in [0.15, 0.2) is 35.2 Å². The summed E-state index contributed by atoms with van der Waals surface area (Å²) >= 11 is 3.59. The minimum absolute atomic E-state index is 0.310. The Morgan fingerprint density at radius 3 is 2.93 bits per heavy atom. The van der Waals surface area contributed by atoms with Gasteiger partial charge in [0.25, 0.3) is 0 Å². The number of hydrogen-bond donors (Lipinski definition) is 0. The largest absolute Gasteiger partial charge is 0.461 e. The minimum atomic E-state index is -0.412. The first-order valence-electron chi connectivity index (χ1n) is 9.05. The monoisotopic (exact) mass is 424 g/mol. The van der Waals surface area contributed by atoms with Gasteiger partial charge in [-0.2, -0.15) is 0 Å². The second-order valence-electron chi connectivity index (χ2n) is 6.83. The van der Waals surface area contributed by atoms with Crippen molar-refractivity contribution in [2.75, 3.05) is 6.61 Å². The van der Waals surface area contributed by atoms with Crippen molar-refractivity contribution in [1.29, 1.82) is 0 Å². The minimum Gasteiger partial charge on any atom is -0.461 e. The van der Waals surface area contributed by atoms with Crippen molar-refractivity contribution < 1.29 is 9.53 Å². The van der Waals surface area contributed by atoms with Gasteiger partial charge in [0.15, 0.2) is 5.69 Å². The number of fused-ring (bicyclic) bond motifs is 5. The first-order chi connectivity index (χ1) is 13.2. The summed E-state index contributed by atoms with van der Waals surface area (Å²) in [7, 11) is 0. The Labute approximate surface area is 164 Å². The summed E-state index contributed by atoms with van der Waals surface area (Å²) in [6.07, 6.45) is 6.23. The van der Waals surface area contributed by atoms with Crippen LogP contribution in [0.2, 0.25) is 0 Å². The standard InChI is InChI=1S/C20H17BrN4O2/c1-2-27-20(26)18-15-8-13-9-22-19(11-3-4-11)25(13)16-7-12(21)5-6-14(16)17(15)23-10-24-18/h5-7,9-11H,2-4,8H2,1H3. The number of carbonyl (C=O) groups is 1. The fraction of sp³-hybridized carbons (Fsp3) is 0.300. The molecular weight excluding hydrogens is 408 g/mol. The molecule has 0 radical (unpaired) electrons. The van der Waals surface area contributed by atoms with Gasteiger partial charge < -0.3 is 4.74 Å². The van der Waals surface area contributed by atoms with E-state index in [2.05, 4.69) is 36.5 Å². The van der Waals surface area contributed by atoms with Crippen LogP contribution in [0.1, 0.15) is 53.3 Å². The summed E-state index contributed by atoms with van der Waals surface area (Å²) in [4.78, 5) is 26.0. The highest BCUT2D eigenvalue weighted by molar-refractivity contribution is 9.10. The van der Waals surface area contributed by atoms with Crippen molar-refractivity contribution >= 4 is 21.9 Å². The van der Waals surface area contributed by atoms with E-state index in [0.717, 1.165) is 38.5 Å². The molecule has 0 spiro atoms. The van der Waals surface area contributed by atoms with E-state index in [9.17, 15) is 4.79 Å². The van der Waals surface area contributed by atoms with Gasteiger partial charge in [-0.15, -0.1) is 0 Å². The quantitative estimate of drug-likeness (QED) is 0.464. The molecule has 7 heteroatoms. The average molecular weight is 425 g/mol. The maximum atomic E-state index is 12.5. The summed E-state index contributed by atoms with van der Waals surface area (Å²) < 4.78 is 8.45. The zero-order valence-electron chi connectivity index (χ0n) is 14.8. The molecule has 0 amide bonds. The summed E-state index contributed by atoms with van der Waals surface area (Å²) in [5.74, 6) is 1.18. The highest BCUT2D eigenvalue weighted by Gasteiger charge is 2.33. The van der Waals surface area contributed by atoms with E-state index in [1.54, 1.807) is 6.92 Å². The molecule has 0 unspecified atom stereocenters. The lowest BCUT2D eigenvalue weighted by atomic mass is 10.0. The van der Waals surface area contributed by atoms with Crippen LogP contribution < -0.4 is 0 Å². The number of rotatable bonds is 3. The van der Waals surface area contributed by atoms with E-state index in [4.69, 9.17) is 9.72 Å². The van der Waals surface area contributed by atoms with Gasteiger partial charge in [-0.25, -0.2) is 19.7 Å². The Kier molecular flexibility index (Phi) is 3.86. The van der Waals surface area contributed by atoms with E-state index in [0.29, 0.717) is 24.6 Å². The van der Waals surface area contributed by atoms with E-state index >= 15 is 0 Å². The molecule has 3 aromatic rings. The third-order valence-electron chi connectivity index (χ3n) is 5.03. The molecule has 27 heavy (non-hydrogen) atoms. The number of esters is 1. The maximum absolute atomic E-state index is 12.5. The van der Waals surface area contributed by atoms with Gasteiger partial charge in [0.1, 0.15) is 12.2 Å². The lowest BCUT2D eigenvalue weighted by molar-refractivity contribution is 0.0518. The molecule has 136 valence electrons. The van der Waals surface area contributed by atoms with Crippen LogP contribution in [0.25, 0.3) is 16.9 Å². The van der Waals surface area contributed by atoms with Crippen molar-refractivity contribution in [2.45, 2.75) is 32.1 Å². The van der Waals surface area contributed by atoms with Crippen molar-refractivity contribution in [3.8, 4) is 16.9 Å². The molecule has 0 bridgehead atoms. The first-order valence-corrected chi connectivity index (χ1v) is 9.84. The molecule has 5 rings (SSSR count). The second kappa shape index (κ2) is 6.27. The third kappa shape index (κ3) is 2.68. The molecule has 1 aromatic carbocycles. The van der Waals surface area contributed by atoms with Crippen LogP contribution in [0, 0.1) is 0 Å². The number of imidazole rings is 1. The van der Waals surface area contributed by atoms with Crippen LogP contribution in [-0.2, 0) is 11.2 Å². The zero-order chi connectivity index (χ0) is 18.5. The number of ether oxygens (including phenoxy) is 1. The fourth-order valence-corrected chi connectivity index (χ4v) is 4.04. The van der Waals surface area contributed by atoms with Crippen molar-refractivity contribution in [3.05, 3.63) is 58.0 Å². The number of benzene rings is 1. The lowest BCUT2D eigenvalue weighted by Crippen LogP contribution is -2.12. The number of hydrogen-bond acceptors (Lipinski definition) is 5. The van der Waals surface area contributed by atoms with E-state index < -0.39 is 5.97 Å². The molecule has 1 fully saturated rings. The number of carbonyl (C=O) groups excluding carboxylic acids is 1. The molecule has 2 aliphatic rings. The number of halogens is 1. The van der Waals surface area contributed by atoms with Crippen LogP contribution in [-0.4, -0.2) is 32.1 Å². The first kappa shape index (κ1) is 16.6. The summed E-state index contributed by atoms with van der Waals surface area (Å²) in [5.41, 5.74) is 4.95. The van der Waals surface area contributed by atoms with Crippen LogP contribution >= 0.6 is 15.9 Å². The molecular formula is C20H17BrN4O2. The highest BCUT2D eigenvalue weighted by Crippen LogP contribution is 2.44. The molecule has 0 atom stereocenters. The topological polar surface area (TPSA) is 69.9 Å². The lowest BCUT2D eigenvalue weighted by Gasteiger charge is -2.13. The van der Waals surface area contributed by atoms with Crippen LogP contribution in [0.4, 0.5) is 0 Å². The third-order valence-corrected chi connectivity index (χ3v) is 5.53. The average Bonchev–Trinajstić information content (AvgIpc) is 3.44. The van der Waals surface area contributed by atoms with Gasteiger partial charge in [-0.05, 0) is 38.0 Å². The molecule has 1 saturated carbocycles. The smallest absolute Gasteiger partial charge is 0.357 e. The Morgan fingerprint density at radius 2 is 2.15 bits per heavy atom. The van der Waals surface area contributed by atoms with Crippen LogP contribution in [0.5, 0.6) is 0 Å². The maximum Gasteiger partial charge on any atom is 0.357 e. The molecule has 1 aliphatic carbocycles. The van der Waals surface area contributed by atoms with Gasteiger partial charge in [-0.3, -0.25) is 4.57 Å². The SMILES string of the molecule is CCOC(=O)c1ncnc2c1Cc1cnc(C3CC3)n1-c1cc(Br)ccc1-2. The normalized spacial score (nSPS) is 14.7. The summed E-state index contributed by atoms with van der Waals surface area (Å²) in [6.45, 7) is 2.10. The summed E-state index contributed by atoms with van der Waals surface area (Å²) in [6, 6.07) is 6.12. The molecule has 2 aromatic heterocycles. The predicted octanol–water partition coefficient (Wildman–Crippen LogP) is 4.05. The van der Waals surface area contributed by atoms with Gasteiger partial charge in [0.05, 0.1) is 18.0 Å². The van der Waals surface area contributed by atoms with E-state index in [1.807, 2.05) is 18.3 Å². The Hall–Kier alpha value is -2.54. The molecule has 0 N–H and O–H groups in total. The second-order valence-corrected chi connectivity index (χ2v) is 7.74. The molecule has 3 heterocycles. The highest BCUT2D eigenvalue weighted by atomic mass is 79.9. The predicted molar refractivity (Wildman–Crippen MR) is 103 cm³/mol. The van der Waals surface area contributed by atoms with E-state index in [1.165, 1.54) is 19.2 Å². The van der Waals surface area contributed by atoms with Crippen molar-refractivity contribution in [3.63, 3.8) is 0 Å². The van der Waals surface area contributed by atoms with Gasteiger partial charge in [0, 0.05) is 39.8 Å². The van der Waals surface area contributed by atoms with Crippen LogP contribution in [0.3, 0.4) is 0 Å². The Balaban J connectivity index is 1.79. The molecule has 0 saturated heterocycles. The molecule has 6 nitrogen and oxygen atoms in total. The zero-order valence-corrected chi connectivity index (χ0v) is 16.4. The Bertz CT molecular complexity index is 1070. The number of nitrogens with zero attached hydrogens (tertiary/aromatic N) is 4. The van der Waals surface area contributed by atoms with Crippen molar-refractivity contribution in [2.24, 2.45) is 0 Å². The van der Waals surface area contributed by atoms with Crippen molar-refractivity contribution in [1.82, 2.24) is 19.5 Å². The van der Waals surface area contributed by atoms with E-state index in [-0.39, 0.29) is 0 Å². The number of aromatic nitrogens is 4. The fourth-order valence-electron chi connectivity index (χ4n) is 3.69. The Morgan fingerprint density at radius 1 is 1.30 bits per heavy atom. The molecule has 1 aliphatic heterocycles. The van der Waals surface area contributed by atoms with Gasteiger partial charge >= 0.3 is 5.97 Å². The summed E-state index contributed by atoms with van der Waals surface area (Å²) in [5, 5.41) is 0.